The number of carbonyl (C=O) groups excluding carboxylic acids is 2. The van der Waals surface area contributed by atoms with Crippen molar-refractivity contribution in [1.82, 2.24) is 0 Å². The van der Waals surface area contributed by atoms with Gasteiger partial charge in [0.15, 0.2) is 0 Å². The summed E-state index contributed by atoms with van der Waals surface area (Å²) in [7, 11) is 0. The molecule has 0 saturated carbocycles. The van der Waals surface area contributed by atoms with Crippen LogP contribution in [-0.2, 0) is 20.7 Å². The van der Waals surface area contributed by atoms with Crippen molar-refractivity contribution >= 4 is 22.9 Å². The normalized spacial score (nSPS) is 12.4. The first-order valence-electron chi connectivity index (χ1n) is 4.21. The molecular weight excluding hydrogens is 232 g/mol. The van der Waals surface area contributed by atoms with Crippen LogP contribution >= 0.6 is 0 Å². The molecule has 2 amide bonds. The van der Waals surface area contributed by atoms with Crippen LogP contribution in [0.1, 0.15) is 11.5 Å². The van der Waals surface area contributed by atoms with Crippen LogP contribution in [0.3, 0.4) is 0 Å². The van der Waals surface area contributed by atoms with Gasteiger partial charge in [-0.1, -0.05) is 12.1 Å². The van der Waals surface area contributed by atoms with E-state index in [0.29, 0.717) is 0 Å². The largest absolute Gasteiger partial charge is 0.768 e. The van der Waals surface area contributed by atoms with Gasteiger partial charge in [-0.25, -0.2) is 0 Å². The molecule has 0 saturated heterocycles. The second-order valence-corrected chi connectivity index (χ2v) is 3.99. The van der Waals surface area contributed by atoms with Crippen LogP contribution in [0.4, 0.5) is 0 Å². The minimum Gasteiger partial charge on any atom is -0.768 e. The molecule has 1 atom stereocenters. The van der Waals surface area contributed by atoms with Crippen LogP contribution in [0.5, 0.6) is 0 Å². The third-order valence-corrected chi connectivity index (χ3v) is 2.59. The van der Waals surface area contributed by atoms with Crippen molar-refractivity contribution in [1.29, 1.82) is 0 Å². The minimum atomic E-state index is -2.44. The lowest BCUT2D eigenvalue weighted by Gasteiger charge is -2.12. The lowest BCUT2D eigenvalue weighted by molar-refractivity contribution is -0.128. The molecule has 4 N–H and O–H groups in total. The van der Waals surface area contributed by atoms with Crippen molar-refractivity contribution in [2.75, 3.05) is 0 Å². The fraction of sp³-hybridized carbons (Fsp3) is 0.111. The molecule has 0 aliphatic rings. The lowest BCUT2D eigenvalue weighted by Crippen LogP contribution is -2.33. The summed E-state index contributed by atoms with van der Waals surface area (Å²) < 4.78 is 21.4. The zero-order chi connectivity index (χ0) is 12.3. The highest BCUT2D eigenvalue weighted by Crippen LogP contribution is 2.17. The molecule has 0 aromatic heterocycles. The van der Waals surface area contributed by atoms with Crippen molar-refractivity contribution < 1.29 is 18.4 Å². The molecule has 7 heteroatoms. The van der Waals surface area contributed by atoms with Crippen LogP contribution in [-0.4, -0.2) is 20.6 Å². The van der Waals surface area contributed by atoms with E-state index in [4.69, 9.17) is 11.5 Å². The van der Waals surface area contributed by atoms with E-state index in [0.717, 1.165) is 0 Å². The summed E-state index contributed by atoms with van der Waals surface area (Å²) in [5.41, 5.74) is 10.2. The minimum absolute atomic E-state index is 0.0370. The Morgan fingerprint density at radius 2 is 1.81 bits per heavy atom. The number of amides is 2. The Balaban J connectivity index is 3.20. The van der Waals surface area contributed by atoms with Gasteiger partial charge in [0, 0.05) is 4.90 Å². The molecule has 0 fully saturated rings. The molecule has 1 unspecified atom stereocenters. The summed E-state index contributed by atoms with van der Waals surface area (Å²) in [5, 5.41) is 0. The van der Waals surface area contributed by atoms with E-state index < -0.39 is 28.8 Å². The van der Waals surface area contributed by atoms with Crippen LogP contribution in [0.2, 0.25) is 0 Å². The van der Waals surface area contributed by atoms with E-state index in [1.54, 1.807) is 0 Å². The van der Waals surface area contributed by atoms with Crippen molar-refractivity contribution in [2.45, 2.75) is 10.8 Å². The number of nitrogens with two attached hydrogens (primary N) is 2. The maximum absolute atomic E-state index is 11.0. The maximum atomic E-state index is 11.0. The topological polar surface area (TPSA) is 126 Å². The van der Waals surface area contributed by atoms with Gasteiger partial charge in [0.25, 0.3) is 0 Å². The van der Waals surface area contributed by atoms with Gasteiger partial charge in [-0.15, -0.1) is 0 Å². The molecule has 0 spiro atoms. The Bertz CT molecular complexity index is 447. The van der Waals surface area contributed by atoms with Gasteiger partial charge >= 0.3 is 0 Å². The molecular formula is C9H9N2O4S-. The van der Waals surface area contributed by atoms with Crippen molar-refractivity contribution in [3.8, 4) is 0 Å². The summed E-state index contributed by atoms with van der Waals surface area (Å²) in [6.45, 7) is 0. The van der Waals surface area contributed by atoms with Crippen molar-refractivity contribution in [3.05, 3.63) is 29.8 Å². The smallest absolute Gasteiger partial charge is 0.234 e. The first kappa shape index (κ1) is 12.3. The lowest BCUT2D eigenvalue weighted by atomic mass is 9.98. The number of primary amides is 2. The summed E-state index contributed by atoms with van der Waals surface area (Å²) in [6, 6.07) is 5.32. The third kappa shape index (κ3) is 2.65. The number of benzene rings is 1. The highest BCUT2D eigenvalue weighted by atomic mass is 32.2. The molecule has 0 bridgehead atoms. The zero-order valence-corrected chi connectivity index (χ0v) is 8.90. The Labute approximate surface area is 93.9 Å². The van der Waals surface area contributed by atoms with Crippen molar-refractivity contribution in [2.24, 2.45) is 11.5 Å². The molecule has 86 valence electrons. The number of carbonyl (C=O) groups is 2. The first-order valence-corrected chi connectivity index (χ1v) is 5.29. The van der Waals surface area contributed by atoms with Crippen LogP contribution in [0, 0.1) is 0 Å². The van der Waals surface area contributed by atoms with E-state index in [-0.39, 0.29) is 10.5 Å². The first-order chi connectivity index (χ1) is 7.43. The Kier molecular flexibility index (Phi) is 3.75. The molecule has 0 aliphatic carbocycles. The highest BCUT2D eigenvalue weighted by molar-refractivity contribution is 7.79. The quantitative estimate of drug-likeness (QED) is 0.516. The molecule has 1 aromatic carbocycles. The average Bonchev–Trinajstić information content (AvgIpc) is 2.16. The SMILES string of the molecule is NC(=O)C(C(N)=O)c1cccc(S(=O)[O-])c1. The van der Waals surface area contributed by atoms with E-state index >= 15 is 0 Å². The molecule has 0 radical (unpaired) electrons. The van der Waals surface area contributed by atoms with E-state index in [2.05, 4.69) is 0 Å². The predicted octanol–water partition coefficient (Wildman–Crippen LogP) is -1.02. The second kappa shape index (κ2) is 4.86. The van der Waals surface area contributed by atoms with Gasteiger partial charge in [-0.3, -0.25) is 13.8 Å². The van der Waals surface area contributed by atoms with Gasteiger partial charge in [-0.05, 0) is 28.8 Å². The molecule has 6 nitrogen and oxygen atoms in total. The molecule has 16 heavy (non-hydrogen) atoms. The number of rotatable bonds is 4. The maximum Gasteiger partial charge on any atom is 0.234 e. The van der Waals surface area contributed by atoms with E-state index in [1.165, 1.54) is 24.3 Å². The predicted molar refractivity (Wildman–Crippen MR) is 54.8 cm³/mol. The number of hydrogen-bond donors (Lipinski definition) is 2. The third-order valence-electron chi connectivity index (χ3n) is 1.95. The van der Waals surface area contributed by atoms with Crippen LogP contribution < -0.4 is 11.5 Å². The number of hydrogen-bond acceptors (Lipinski definition) is 4. The van der Waals surface area contributed by atoms with Crippen LogP contribution in [0.25, 0.3) is 0 Å². The van der Waals surface area contributed by atoms with E-state index in [1.807, 2.05) is 0 Å². The van der Waals surface area contributed by atoms with Crippen LogP contribution in [0.15, 0.2) is 29.2 Å². The van der Waals surface area contributed by atoms with Gasteiger partial charge < -0.3 is 16.0 Å². The zero-order valence-electron chi connectivity index (χ0n) is 8.08. The summed E-state index contributed by atoms with van der Waals surface area (Å²) in [5.74, 6) is -3.15. The fourth-order valence-electron chi connectivity index (χ4n) is 1.27. The monoisotopic (exact) mass is 241 g/mol. The van der Waals surface area contributed by atoms with Gasteiger partial charge in [0.1, 0.15) is 5.92 Å². The molecule has 0 heterocycles. The van der Waals surface area contributed by atoms with Gasteiger partial charge in [0.05, 0.1) is 0 Å². The summed E-state index contributed by atoms with van der Waals surface area (Å²) in [6.07, 6.45) is 0. The Morgan fingerprint density at radius 1 is 1.25 bits per heavy atom. The average molecular weight is 241 g/mol. The van der Waals surface area contributed by atoms with Gasteiger partial charge in [-0.2, -0.15) is 0 Å². The van der Waals surface area contributed by atoms with E-state index in [9.17, 15) is 18.4 Å². The molecule has 1 rings (SSSR count). The summed E-state index contributed by atoms with van der Waals surface area (Å²) in [4.78, 5) is 21.9. The Morgan fingerprint density at radius 3 is 2.25 bits per heavy atom. The highest BCUT2D eigenvalue weighted by Gasteiger charge is 2.23. The molecule has 0 aliphatic heterocycles. The Hall–Kier alpha value is -1.73. The molecule has 1 aromatic rings. The van der Waals surface area contributed by atoms with Gasteiger partial charge in [0.2, 0.25) is 11.8 Å². The van der Waals surface area contributed by atoms with Crippen molar-refractivity contribution in [3.63, 3.8) is 0 Å². The summed E-state index contributed by atoms with van der Waals surface area (Å²) >= 11 is -2.44. The standard InChI is InChI=1S/C9H10N2O4S/c10-8(12)7(9(11)13)5-2-1-3-6(4-5)16(14)15/h1-4,7H,(H2,10,12)(H2,11,13)(H,14,15)/p-1. The fourth-order valence-corrected chi connectivity index (χ4v) is 1.69. The second-order valence-electron chi connectivity index (χ2n) is 3.04.